The lowest BCUT2D eigenvalue weighted by atomic mass is 10.1. The average molecular weight is 471 g/mol. The van der Waals surface area contributed by atoms with Crippen LogP contribution in [0.4, 0.5) is 11.4 Å². The predicted molar refractivity (Wildman–Crippen MR) is 122 cm³/mol. The molecule has 0 fully saturated rings. The molecule has 0 saturated carbocycles. The number of aromatic hydroxyl groups is 1. The maximum Gasteiger partial charge on any atom is 0.279 e. The molecule has 1 amide bonds. The van der Waals surface area contributed by atoms with Crippen LogP contribution in [0.5, 0.6) is 5.75 Å². The highest BCUT2D eigenvalue weighted by Crippen LogP contribution is 2.24. The van der Waals surface area contributed by atoms with Crippen molar-refractivity contribution in [2.24, 2.45) is 0 Å². The molecule has 1 heterocycles. The lowest BCUT2D eigenvalue weighted by Crippen LogP contribution is -2.25. The monoisotopic (exact) mass is 470 g/mol. The Morgan fingerprint density at radius 1 is 1.13 bits per heavy atom. The Morgan fingerprint density at radius 2 is 1.80 bits per heavy atom. The van der Waals surface area contributed by atoms with Gasteiger partial charge in [-0.05, 0) is 68.8 Å². The summed E-state index contributed by atoms with van der Waals surface area (Å²) in [4.78, 5) is 27.3. The van der Waals surface area contributed by atoms with Gasteiger partial charge >= 0.3 is 0 Å². The number of anilines is 2. The van der Waals surface area contributed by atoms with Gasteiger partial charge in [-0.1, -0.05) is 15.9 Å². The van der Waals surface area contributed by atoms with E-state index < -0.39 is 17.2 Å². The minimum Gasteiger partial charge on any atom is -0.505 e. The summed E-state index contributed by atoms with van der Waals surface area (Å²) < 4.78 is 1.93. The summed E-state index contributed by atoms with van der Waals surface area (Å²) in [5, 5.41) is 17.0. The standard InChI is InChI=1S/C22H23BrN4O3/c1-4-26(5-2)17-10-11-18(14(3)12-17)24-22(30)21-19(28)13-20(29)27(25-21)16-8-6-15(23)7-9-16/h6-13,28H,4-5H2,1-3H3,(H,24,30). The first-order chi connectivity index (χ1) is 14.3. The molecule has 0 bridgehead atoms. The summed E-state index contributed by atoms with van der Waals surface area (Å²) in [6.45, 7) is 7.85. The Balaban J connectivity index is 1.91. The van der Waals surface area contributed by atoms with E-state index in [4.69, 9.17) is 0 Å². The molecule has 0 atom stereocenters. The Morgan fingerprint density at radius 3 is 2.40 bits per heavy atom. The third kappa shape index (κ3) is 4.54. The number of carbonyl (C=O) groups is 1. The average Bonchev–Trinajstić information content (AvgIpc) is 2.71. The highest BCUT2D eigenvalue weighted by molar-refractivity contribution is 9.10. The zero-order chi connectivity index (χ0) is 21.8. The number of aromatic nitrogens is 2. The largest absolute Gasteiger partial charge is 0.505 e. The molecular weight excluding hydrogens is 448 g/mol. The normalized spacial score (nSPS) is 10.7. The smallest absolute Gasteiger partial charge is 0.279 e. The molecule has 2 N–H and O–H groups in total. The Kier molecular flexibility index (Phi) is 6.56. The van der Waals surface area contributed by atoms with Crippen LogP contribution < -0.4 is 15.8 Å². The number of aryl methyl sites for hydroxylation is 1. The number of hydrogen-bond acceptors (Lipinski definition) is 5. The summed E-state index contributed by atoms with van der Waals surface area (Å²) in [6.07, 6.45) is 0. The van der Waals surface area contributed by atoms with Gasteiger partial charge < -0.3 is 15.3 Å². The Labute approximate surface area is 183 Å². The van der Waals surface area contributed by atoms with Crippen LogP contribution in [0.3, 0.4) is 0 Å². The van der Waals surface area contributed by atoms with E-state index in [2.05, 4.69) is 45.1 Å². The van der Waals surface area contributed by atoms with E-state index >= 15 is 0 Å². The SMILES string of the molecule is CCN(CC)c1ccc(NC(=O)c2nn(-c3ccc(Br)cc3)c(=O)cc2O)c(C)c1. The molecule has 0 aliphatic carbocycles. The lowest BCUT2D eigenvalue weighted by molar-refractivity contribution is 0.101. The van der Waals surface area contributed by atoms with Crippen LogP contribution >= 0.6 is 15.9 Å². The number of hydrogen-bond donors (Lipinski definition) is 2. The first-order valence-electron chi connectivity index (χ1n) is 9.60. The molecule has 0 aliphatic heterocycles. The van der Waals surface area contributed by atoms with Gasteiger partial charge in [0, 0.05) is 35.0 Å². The molecule has 3 rings (SSSR count). The van der Waals surface area contributed by atoms with Crippen LogP contribution in [0.15, 0.2) is 57.8 Å². The van der Waals surface area contributed by atoms with Gasteiger partial charge in [0.2, 0.25) is 0 Å². The Hall–Kier alpha value is -3.13. The maximum atomic E-state index is 12.8. The fraction of sp³-hybridized carbons (Fsp3) is 0.227. The molecular formula is C22H23BrN4O3. The fourth-order valence-corrected chi connectivity index (χ4v) is 3.40. The molecule has 3 aromatic rings. The van der Waals surface area contributed by atoms with Crippen LogP contribution in [0.1, 0.15) is 29.9 Å². The molecule has 156 valence electrons. The highest BCUT2D eigenvalue weighted by Gasteiger charge is 2.18. The first kappa shape index (κ1) is 21.6. The van der Waals surface area contributed by atoms with E-state index in [9.17, 15) is 14.7 Å². The highest BCUT2D eigenvalue weighted by atomic mass is 79.9. The molecule has 7 nitrogen and oxygen atoms in total. The van der Waals surface area contributed by atoms with Gasteiger partial charge in [-0.3, -0.25) is 9.59 Å². The summed E-state index contributed by atoms with van der Waals surface area (Å²) in [7, 11) is 0. The van der Waals surface area contributed by atoms with Gasteiger partial charge in [0.25, 0.3) is 11.5 Å². The van der Waals surface area contributed by atoms with Crippen LogP contribution in [0.2, 0.25) is 0 Å². The van der Waals surface area contributed by atoms with Crippen molar-refractivity contribution in [2.45, 2.75) is 20.8 Å². The molecule has 0 spiro atoms. The van der Waals surface area contributed by atoms with Gasteiger partial charge in [0.15, 0.2) is 11.4 Å². The number of amides is 1. The van der Waals surface area contributed by atoms with Crippen molar-refractivity contribution in [2.75, 3.05) is 23.3 Å². The Bertz CT molecular complexity index is 1120. The van der Waals surface area contributed by atoms with Crippen LogP contribution in [-0.2, 0) is 0 Å². The molecule has 2 aromatic carbocycles. The number of halogens is 1. The number of benzene rings is 2. The van der Waals surface area contributed by atoms with E-state index in [0.717, 1.165) is 39.6 Å². The summed E-state index contributed by atoms with van der Waals surface area (Å²) in [5.41, 5.74) is 2.28. The van der Waals surface area contributed by atoms with E-state index in [-0.39, 0.29) is 5.69 Å². The lowest BCUT2D eigenvalue weighted by Gasteiger charge is -2.22. The maximum absolute atomic E-state index is 12.8. The van der Waals surface area contributed by atoms with Gasteiger partial charge in [-0.25, -0.2) is 0 Å². The second-order valence-electron chi connectivity index (χ2n) is 6.73. The van der Waals surface area contributed by atoms with E-state index in [1.54, 1.807) is 24.3 Å². The number of nitrogens with zero attached hydrogens (tertiary/aromatic N) is 3. The zero-order valence-electron chi connectivity index (χ0n) is 17.0. The predicted octanol–water partition coefficient (Wildman–Crippen LogP) is 4.11. The minimum atomic E-state index is -0.600. The van der Waals surface area contributed by atoms with E-state index in [0.29, 0.717) is 11.4 Å². The van der Waals surface area contributed by atoms with Gasteiger partial charge in [-0.2, -0.15) is 9.78 Å². The van der Waals surface area contributed by atoms with Crippen molar-refractivity contribution in [3.05, 3.63) is 74.6 Å². The van der Waals surface area contributed by atoms with Crippen LogP contribution in [0, 0.1) is 6.92 Å². The van der Waals surface area contributed by atoms with Gasteiger partial charge in [0.05, 0.1) is 5.69 Å². The topological polar surface area (TPSA) is 87.5 Å². The third-order valence-electron chi connectivity index (χ3n) is 4.78. The molecule has 8 heteroatoms. The second kappa shape index (κ2) is 9.13. The number of rotatable bonds is 6. The van der Waals surface area contributed by atoms with Crippen molar-refractivity contribution in [1.82, 2.24) is 9.78 Å². The van der Waals surface area contributed by atoms with Crippen molar-refractivity contribution < 1.29 is 9.90 Å². The minimum absolute atomic E-state index is 0.232. The molecule has 0 radical (unpaired) electrons. The number of nitrogens with one attached hydrogen (secondary N) is 1. The van der Waals surface area contributed by atoms with E-state index in [1.807, 2.05) is 25.1 Å². The van der Waals surface area contributed by atoms with Crippen molar-refractivity contribution >= 4 is 33.2 Å². The zero-order valence-corrected chi connectivity index (χ0v) is 18.6. The van der Waals surface area contributed by atoms with Crippen LogP contribution in [0.25, 0.3) is 5.69 Å². The quantitative estimate of drug-likeness (QED) is 0.565. The third-order valence-corrected chi connectivity index (χ3v) is 5.31. The van der Waals surface area contributed by atoms with E-state index in [1.165, 1.54) is 0 Å². The van der Waals surface area contributed by atoms with Gasteiger partial charge in [-0.15, -0.1) is 0 Å². The fourth-order valence-electron chi connectivity index (χ4n) is 3.13. The van der Waals surface area contributed by atoms with Crippen molar-refractivity contribution in [1.29, 1.82) is 0 Å². The summed E-state index contributed by atoms with van der Waals surface area (Å²) in [6, 6.07) is 13.6. The number of carbonyl (C=O) groups excluding carboxylic acids is 1. The molecule has 1 aromatic heterocycles. The van der Waals surface area contributed by atoms with Crippen molar-refractivity contribution in [3.63, 3.8) is 0 Å². The second-order valence-corrected chi connectivity index (χ2v) is 7.65. The summed E-state index contributed by atoms with van der Waals surface area (Å²) >= 11 is 3.34. The first-order valence-corrected chi connectivity index (χ1v) is 10.4. The van der Waals surface area contributed by atoms with Crippen LogP contribution in [-0.4, -0.2) is 33.9 Å². The molecule has 0 aliphatic rings. The molecule has 30 heavy (non-hydrogen) atoms. The molecule has 0 saturated heterocycles. The van der Waals surface area contributed by atoms with Crippen molar-refractivity contribution in [3.8, 4) is 11.4 Å². The summed E-state index contributed by atoms with van der Waals surface area (Å²) in [5.74, 6) is -1.07. The molecule has 0 unspecified atom stereocenters. The van der Waals surface area contributed by atoms with Gasteiger partial charge in [0.1, 0.15) is 0 Å².